The van der Waals surface area contributed by atoms with Crippen LogP contribution in [-0.4, -0.2) is 9.97 Å². The Morgan fingerprint density at radius 1 is 1.00 bits per heavy atom. The molecule has 0 aromatic carbocycles. The molecule has 0 aliphatic carbocycles. The highest BCUT2D eigenvalue weighted by molar-refractivity contribution is 6.32. The molecule has 0 N–H and O–H groups in total. The Hall–Kier alpha value is -1.12. The first kappa shape index (κ1) is 9.44. The highest BCUT2D eigenvalue weighted by atomic mass is 35.5. The van der Waals surface area contributed by atoms with Crippen LogP contribution in [0.2, 0.25) is 10.2 Å². The lowest BCUT2D eigenvalue weighted by Crippen LogP contribution is -1.85. The number of rotatable bonds is 1. The monoisotopic (exact) mass is 224 g/mol. The molecule has 0 saturated heterocycles. The maximum Gasteiger partial charge on any atom is 0.138 e. The Labute approximate surface area is 91.5 Å². The topological polar surface area (TPSA) is 25.8 Å². The minimum atomic E-state index is 0.433. The fourth-order valence-corrected chi connectivity index (χ4v) is 1.50. The molecule has 0 bridgehead atoms. The van der Waals surface area contributed by atoms with Gasteiger partial charge < -0.3 is 0 Å². The van der Waals surface area contributed by atoms with Gasteiger partial charge in [0.15, 0.2) is 0 Å². The molecule has 70 valence electrons. The summed E-state index contributed by atoms with van der Waals surface area (Å²) in [6, 6.07) is 7.14. The zero-order valence-electron chi connectivity index (χ0n) is 7.11. The number of halogens is 2. The number of aromatic nitrogens is 2. The second-order valence-corrected chi connectivity index (χ2v) is 3.50. The number of hydrogen-bond acceptors (Lipinski definition) is 2. The normalized spacial score (nSPS) is 10.1. The van der Waals surface area contributed by atoms with Gasteiger partial charge in [-0.15, -0.1) is 0 Å². The van der Waals surface area contributed by atoms with Crippen molar-refractivity contribution >= 4 is 23.2 Å². The van der Waals surface area contributed by atoms with Gasteiger partial charge >= 0.3 is 0 Å². The molecule has 2 aromatic heterocycles. The van der Waals surface area contributed by atoms with Crippen LogP contribution < -0.4 is 0 Å². The zero-order valence-corrected chi connectivity index (χ0v) is 8.63. The molecule has 14 heavy (non-hydrogen) atoms. The Kier molecular flexibility index (Phi) is 2.66. The van der Waals surface area contributed by atoms with Crippen molar-refractivity contribution in [2.45, 2.75) is 0 Å². The van der Waals surface area contributed by atoms with Crippen molar-refractivity contribution in [2.24, 2.45) is 0 Å². The molecule has 0 radical (unpaired) electrons. The lowest BCUT2D eigenvalue weighted by atomic mass is 10.2. The van der Waals surface area contributed by atoms with Crippen LogP contribution in [0.4, 0.5) is 0 Å². The van der Waals surface area contributed by atoms with Crippen molar-refractivity contribution in [1.82, 2.24) is 9.97 Å². The second kappa shape index (κ2) is 3.95. The van der Waals surface area contributed by atoms with E-state index >= 15 is 0 Å². The van der Waals surface area contributed by atoms with E-state index in [9.17, 15) is 0 Å². The van der Waals surface area contributed by atoms with Crippen molar-refractivity contribution in [2.75, 3.05) is 0 Å². The van der Waals surface area contributed by atoms with Gasteiger partial charge in [0.2, 0.25) is 0 Å². The van der Waals surface area contributed by atoms with E-state index in [1.54, 1.807) is 24.5 Å². The predicted octanol–water partition coefficient (Wildman–Crippen LogP) is 3.45. The van der Waals surface area contributed by atoms with Gasteiger partial charge in [0.1, 0.15) is 5.15 Å². The Balaban J connectivity index is 2.55. The van der Waals surface area contributed by atoms with E-state index in [0.29, 0.717) is 10.2 Å². The summed E-state index contributed by atoms with van der Waals surface area (Å²) in [5, 5.41) is 1.07. The van der Waals surface area contributed by atoms with E-state index in [4.69, 9.17) is 23.2 Å². The molecular formula is C10H6Cl2N2. The molecule has 0 aliphatic heterocycles. The molecule has 0 fully saturated rings. The van der Waals surface area contributed by atoms with Gasteiger partial charge in [0, 0.05) is 23.0 Å². The lowest BCUT2D eigenvalue weighted by Gasteiger charge is -2.01. The Morgan fingerprint density at radius 2 is 1.86 bits per heavy atom. The summed E-state index contributed by atoms with van der Waals surface area (Å²) in [5.74, 6) is 0. The van der Waals surface area contributed by atoms with Crippen LogP contribution in [0.3, 0.4) is 0 Å². The SMILES string of the molecule is Clc1ccnc(-c2cccnc2Cl)c1. The molecule has 0 atom stereocenters. The minimum Gasteiger partial charge on any atom is -0.256 e. The number of hydrogen-bond donors (Lipinski definition) is 0. The largest absolute Gasteiger partial charge is 0.256 e. The lowest BCUT2D eigenvalue weighted by molar-refractivity contribution is 1.28. The highest BCUT2D eigenvalue weighted by Crippen LogP contribution is 2.25. The van der Waals surface area contributed by atoms with E-state index in [2.05, 4.69) is 9.97 Å². The molecule has 0 aliphatic rings. The first-order valence-electron chi connectivity index (χ1n) is 4.00. The van der Waals surface area contributed by atoms with Crippen LogP contribution in [0.5, 0.6) is 0 Å². The van der Waals surface area contributed by atoms with Crippen LogP contribution in [-0.2, 0) is 0 Å². The summed E-state index contributed by atoms with van der Waals surface area (Å²) in [4.78, 5) is 8.13. The van der Waals surface area contributed by atoms with Gasteiger partial charge in [-0.3, -0.25) is 4.98 Å². The van der Waals surface area contributed by atoms with Crippen molar-refractivity contribution in [3.8, 4) is 11.3 Å². The maximum atomic E-state index is 5.92. The summed E-state index contributed by atoms with van der Waals surface area (Å²) in [7, 11) is 0. The average molecular weight is 225 g/mol. The van der Waals surface area contributed by atoms with Crippen molar-refractivity contribution in [3.05, 3.63) is 46.8 Å². The summed E-state index contributed by atoms with van der Waals surface area (Å²) in [6.07, 6.45) is 3.28. The molecule has 0 unspecified atom stereocenters. The van der Waals surface area contributed by atoms with Crippen molar-refractivity contribution in [1.29, 1.82) is 0 Å². The smallest absolute Gasteiger partial charge is 0.138 e. The van der Waals surface area contributed by atoms with E-state index in [1.807, 2.05) is 12.1 Å². The van der Waals surface area contributed by atoms with E-state index in [1.165, 1.54) is 0 Å². The molecule has 0 spiro atoms. The zero-order chi connectivity index (χ0) is 9.97. The van der Waals surface area contributed by atoms with Gasteiger partial charge in [0.05, 0.1) is 5.69 Å². The third-order valence-corrected chi connectivity index (χ3v) is 2.29. The number of pyridine rings is 2. The van der Waals surface area contributed by atoms with Crippen molar-refractivity contribution in [3.63, 3.8) is 0 Å². The molecular weight excluding hydrogens is 219 g/mol. The quantitative estimate of drug-likeness (QED) is 0.694. The van der Waals surface area contributed by atoms with Crippen LogP contribution in [0.15, 0.2) is 36.7 Å². The van der Waals surface area contributed by atoms with Crippen LogP contribution >= 0.6 is 23.2 Å². The fourth-order valence-electron chi connectivity index (χ4n) is 1.13. The summed E-state index contributed by atoms with van der Waals surface area (Å²) in [6.45, 7) is 0. The van der Waals surface area contributed by atoms with E-state index in [0.717, 1.165) is 11.3 Å². The van der Waals surface area contributed by atoms with Crippen LogP contribution in [0.25, 0.3) is 11.3 Å². The Morgan fingerprint density at radius 3 is 2.57 bits per heavy atom. The van der Waals surface area contributed by atoms with Gasteiger partial charge in [-0.2, -0.15) is 0 Å². The first-order valence-corrected chi connectivity index (χ1v) is 4.75. The predicted molar refractivity (Wildman–Crippen MR) is 57.5 cm³/mol. The number of nitrogens with zero attached hydrogens (tertiary/aromatic N) is 2. The average Bonchev–Trinajstić information content (AvgIpc) is 2.18. The van der Waals surface area contributed by atoms with Gasteiger partial charge in [-0.1, -0.05) is 23.2 Å². The fraction of sp³-hybridized carbons (Fsp3) is 0. The molecule has 2 nitrogen and oxygen atoms in total. The summed E-state index contributed by atoms with van der Waals surface area (Å²) in [5.41, 5.74) is 1.52. The molecule has 2 rings (SSSR count). The summed E-state index contributed by atoms with van der Waals surface area (Å²) < 4.78 is 0. The third kappa shape index (κ3) is 1.86. The molecule has 2 heterocycles. The van der Waals surface area contributed by atoms with Gasteiger partial charge in [-0.05, 0) is 24.3 Å². The van der Waals surface area contributed by atoms with Crippen LogP contribution in [0, 0.1) is 0 Å². The molecule has 0 amide bonds. The highest BCUT2D eigenvalue weighted by Gasteiger charge is 2.04. The van der Waals surface area contributed by atoms with E-state index in [-0.39, 0.29) is 0 Å². The summed E-state index contributed by atoms with van der Waals surface area (Å²) >= 11 is 11.8. The maximum absolute atomic E-state index is 5.92. The van der Waals surface area contributed by atoms with Gasteiger partial charge in [-0.25, -0.2) is 4.98 Å². The Bertz CT molecular complexity index is 457. The molecule has 0 saturated carbocycles. The third-order valence-electron chi connectivity index (χ3n) is 1.76. The molecule has 4 heteroatoms. The first-order chi connectivity index (χ1) is 6.77. The van der Waals surface area contributed by atoms with E-state index < -0.39 is 0 Å². The second-order valence-electron chi connectivity index (χ2n) is 2.70. The van der Waals surface area contributed by atoms with Gasteiger partial charge in [0.25, 0.3) is 0 Å². The van der Waals surface area contributed by atoms with Crippen molar-refractivity contribution < 1.29 is 0 Å². The minimum absolute atomic E-state index is 0.433. The molecule has 2 aromatic rings. The van der Waals surface area contributed by atoms with Crippen LogP contribution in [0.1, 0.15) is 0 Å². The standard InChI is InChI=1S/C10H6Cl2N2/c11-7-3-5-13-9(6-7)8-2-1-4-14-10(8)12/h1-6H.